The number of hydrogen-bond acceptors (Lipinski definition) is 2. The molecular formula is C21H31NO. The Labute approximate surface area is 141 Å². The van der Waals surface area contributed by atoms with Gasteiger partial charge in [0, 0.05) is 5.92 Å². The molecule has 1 aliphatic rings. The van der Waals surface area contributed by atoms with E-state index in [0.717, 1.165) is 44.5 Å². The lowest BCUT2D eigenvalue weighted by molar-refractivity contribution is 0.304. The zero-order valence-electron chi connectivity index (χ0n) is 14.6. The van der Waals surface area contributed by atoms with Gasteiger partial charge in [-0.25, -0.2) is 0 Å². The molecule has 0 unspecified atom stereocenters. The fraction of sp³-hybridized carbons (Fsp3) is 0.667. The fourth-order valence-electron chi connectivity index (χ4n) is 3.46. The van der Waals surface area contributed by atoms with Crippen LogP contribution in [0, 0.1) is 17.2 Å². The lowest BCUT2D eigenvalue weighted by Crippen LogP contribution is -2.11. The Balaban J connectivity index is 1.66. The third-order valence-electron chi connectivity index (χ3n) is 5.03. The maximum absolute atomic E-state index is 8.98. The number of nitrogens with zero attached hydrogens (tertiary/aromatic N) is 1. The number of benzene rings is 1. The van der Waals surface area contributed by atoms with Gasteiger partial charge in [-0.15, -0.1) is 0 Å². The minimum absolute atomic E-state index is 0.284. The molecule has 0 aliphatic heterocycles. The number of nitriles is 1. The fourth-order valence-corrected chi connectivity index (χ4v) is 3.46. The van der Waals surface area contributed by atoms with Gasteiger partial charge < -0.3 is 4.74 Å². The SMILES string of the molecule is CCCCCCCCOc1ccc(C2CCC(C#N)CC2)cc1. The Kier molecular flexibility index (Phi) is 8.01. The lowest BCUT2D eigenvalue weighted by atomic mass is 9.79. The van der Waals surface area contributed by atoms with Crippen molar-refractivity contribution in [2.75, 3.05) is 6.61 Å². The largest absolute Gasteiger partial charge is 0.494 e. The van der Waals surface area contributed by atoms with Crippen LogP contribution in [0.15, 0.2) is 24.3 Å². The average Bonchev–Trinajstić information content (AvgIpc) is 2.61. The van der Waals surface area contributed by atoms with Crippen molar-refractivity contribution in [1.82, 2.24) is 0 Å². The zero-order valence-corrected chi connectivity index (χ0v) is 14.6. The molecular weight excluding hydrogens is 282 g/mol. The van der Waals surface area contributed by atoms with Crippen LogP contribution in [-0.2, 0) is 0 Å². The predicted octanol–water partition coefficient (Wildman–Crippen LogP) is 6.22. The maximum atomic E-state index is 8.98. The van der Waals surface area contributed by atoms with E-state index < -0.39 is 0 Å². The summed E-state index contributed by atoms with van der Waals surface area (Å²) >= 11 is 0. The monoisotopic (exact) mass is 313 g/mol. The van der Waals surface area contributed by atoms with Gasteiger partial charge in [0.15, 0.2) is 0 Å². The topological polar surface area (TPSA) is 33.0 Å². The van der Waals surface area contributed by atoms with Crippen LogP contribution in [0.2, 0.25) is 0 Å². The van der Waals surface area contributed by atoms with E-state index in [1.54, 1.807) is 0 Å². The van der Waals surface area contributed by atoms with Gasteiger partial charge in [0.05, 0.1) is 12.7 Å². The van der Waals surface area contributed by atoms with E-state index in [0.29, 0.717) is 5.92 Å². The van der Waals surface area contributed by atoms with Crippen molar-refractivity contribution >= 4 is 0 Å². The third kappa shape index (κ3) is 6.26. The van der Waals surface area contributed by atoms with Gasteiger partial charge in [0.25, 0.3) is 0 Å². The van der Waals surface area contributed by atoms with Crippen LogP contribution in [0.5, 0.6) is 5.75 Å². The number of unbranched alkanes of at least 4 members (excludes halogenated alkanes) is 5. The van der Waals surface area contributed by atoms with Crippen molar-refractivity contribution in [3.63, 3.8) is 0 Å². The predicted molar refractivity (Wildman–Crippen MR) is 95.6 cm³/mol. The van der Waals surface area contributed by atoms with Gasteiger partial charge >= 0.3 is 0 Å². The van der Waals surface area contributed by atoms with Crippen LogP contribution in [0.25, 0.3) is 0 Å². The molecule has 1 aromatic carbocycles. The van der Waals surface area contributed by atoms with Crippen LogP contribution in [0.1, 0.15) is 82.6 Å². The highest BCUT2D eigenvalue weighted by Crippen LogP contribution is 2.35. The lowest BCUT2D eigenvalue weighted by Gasteiger charge is -2.25. The summed E-state index contributed by atoms with van der Waals surface area (Å²) in [6.07, 6.45) is 12.2. The Morgan fingerprint density at radius 1 is 0.957 bits per heavy atom. The smallest absolute Gasteiger partial charge is 0.119 e. The van der Waals surface area contributed by atoms with E-state index in [2.05, 4.69) is 37.3 Å². The van der Waals surface area contributed by atoms with E-state index in [4.69, 9.17) is 10.00 Å². The molecule has 1 aromatic rings. The minimum Gasteiger partial charge on any atom is -0.494 e. The molecule has 126 valence electrons. The second-order valence-corrected chi connectivity index (χ2v) is 6.86. The zero-order chi connectivity index (χ0) is 16.3. The Morgan fingerprint density at radius 2 is 1.61 bits per heavy atom. The molecule has 1 saturated carbocycles. The highest BCUT2D eigenvalue weighted by atomic mass is 16.5. The van der Waals surface area contributed by atoms with Crippen LogP contribution in [0.3, 0.4) is 0 Å². The molecule has 0 amide bonds. The summed E-state index contributed by atoms with van der Waals surface area (Å²) in [5.74, 6) is 1.91. The van der Waals surface area contributed by atoms with Crippen molar-refractivity contribution in [1.29, 1.82) is 5.26 Å². The van der Waals surface area contributed by atoms with Gasteiger partial charge in [-0.3, -0.25) is 0 Å². The summed E-state index contributed by atoms with van der Waals surface area (Å²) in [6, 6.07) is 11.1. The molecule has 0 heterocycles. The molecule has 0 radical (unpaired) electrons. The second kappa shape index (κ2) is 10.3. The highest BCUT2D eigenvalue weighted by Gasteiger charge is 2.21. The van der Waals surface area contributed by atoms with E-state index >= 15 is 0 Å². The summed E-state index contributed by atoms with van der Waals surface area (Å²) in [6.45, 7) is 3.08. The molecule has 0 saturated heterocycles. The molecule has 0 spiro atoms. The van der Waals surface area contributed by atoms with E-state index in [1.807, 2.05) is 0 Å². The number of rotatable bonds is 9. The molecule has 0 N–H and O–H groups in total. The molecule has 2 heteroatoms. The van der Waals surface area contributed by atoms with Crippen molar-refractivity contribution in [3.8, 4) is 11.8 Å². The summed E-state index contributed by atoms with van der Waals surface area (Å²) in [5.41, 5.74) is 1.41. The molecule has 2 nitrogen and oxygen atoms in total. The van der Waals surface area contributed by atoms with Gasteiger partial charge in [-0.2, -0.15) is 5.26 Å². The first-order valence-corrected chi connectivity index (χ1v) is 9.46. The van der Waals surface area contributed by atoms with Crippen molar-refractivity contribution in [2.24, 2.45) is 5.92 Å². The van der Waals surface area contributed by atoms with Crippen LogP contribution in [-0.4, -0.2) is 6.61 Å². The first-order valence-electron chi connectivity index (χ1n) is 9.46. The summed E-state index contributed by atoms with van der Waals surface area (Å²) in [5, 5.41) is 8.98. The Bertz CT molecular complexity index is 466. The van der Waals surface area contributed by atoms with Gasteiger partial charge in [-0.1, -0.05) is 51.2 Å². The molecule has 2 rings (SSSR count). The number of hydrogen-bond donors (Lipinski definition) is 0. The minimum atomic E-state index is 0.284. The molecule has 0 aromatic heterocycles. The quantitative estimate of drug-likeness (QED) is 0.507. The normalized spacial score (nSPS) is 20.9. The van der Waals surface area contributed by atoms with Crippen LogP contribution >= 0.6 is 0 Å². The van der Waals surface area contributed by atoms with E-state index in [-0.39, 0.29) is 5.92 Å². The molecule has 23 heavy (non-hydrogen) atoms. The Morgan fingerprint density at radius 3 is 2.26 bits per heavy atom. The molecule has 0 atom stereocenters. The summed E-state index contributed by atoms with van der Waals surface area (Å²) in [4.78, 5) is 0. The Hall–Kier alpha value is -1.49. The molecule has 1 fully saturated rings. The first-order chi connectivity index (χ1) is 11.3. The van der Waals surface area contributed by atoms with E-state index in [9.17, 15) is 0 Å². The van der Waals surface area contributed by atoms with Gasteiger partial charge in [0.1, 0.15) is 5.75 Å². The average molecular weight is 313 g/mol. The summed E-state index contributed by atoms with van der Waals surface area (Å²) in [7, 11) is 0. The van der Waals surface area contributed by atoms with E-state index in [1.165, 1.54) is 37.7 Å². The number of ether oxygens (including phenoxy) is 1. The first kappa shape index (κ1) is 17.9. The molecule has 1 aliphatic carbocycles. The molecule has 0 bridgehead atoms. The summed E-state index contributed by atoms with van der Waals surface area (Å²) < 4.78 is 5.85. The van der Waals surface area contributed by atoms with Gasteiger partial charge in [0.2, 0.25) is 0 Å². The van der Waals surface area contributed by atoms with Crippen molar-refractivity contribution < 1.29 is 4.74 Å². The third-order valence-corrected chi connectivity index (χ3v) is 5.03. The van der Waals surface area contributed by atoms with Crippen LogP contribution < -0.4 is 4.74 Å². The van der Waals surface area contributed by atoms with Crippen LogP contribution in [0.4, 0.5) is 0 Å². The standard InChI is InChI=1S/C21H31NO/c1-2-3-4-5-6-7-16-23-21-14-12-20(13-15-21)19-10-8-18(17-22)9-11-19/h12-15,18-19H,2-11,16H2,1H3. The highest BCUT2D eigenvalue weighted by molar-refractivity contribution is 5.29. The van der Waals surface area contributed by atoms with Crippen molar-refractivity contribution in [3.05, 3.63) is 29.8 Å². The maximum Gasteiger partial charge on any atom is 0.119 e. The van der Waals surface area contributed by atoms with Gasteiger partial charge in [-0.05, 0) is 55.7 Å². The second-order valence-electron chi connectivity index (χ2n) is 6.86. The van der Waals surface area contributed by atoms with Crippen molar-refractivity contribution in [2.45, 2.75) is 77.0 Å².